The van der Waals surface area contributed by atoms with Crippen molar-refractivity contribution >= 4 is 28.5 Å². The van der Waals surface area contributed by atoms with Crippen molar-refractivity contribution in [1.82, 2.24) is 5.32 Å². The summed E-state index contributed by atoms with van der Waals surface area (Å²) in [4.78, 5) is 12.5. The van der Waals surface area contributed by atoms with Gasteiger partial charge in [-0.3, -0.25) is 4.79 Å². The number of hydrogen-bond donors (Lipinski definition) is 1. The number of halogens is 1. The minimum Gasteiger partial charge on any atom is -0.345 e. The van der Waals surface area contributed by atoms with Crippen LogP contribution in [0.3, 0.4) is 0 Å². The predicted octanol–water partition coefficient (Wildman–Crippen LogP) is 4.79. The van der Waals surface area contributed by atoms with E-state index in [4.69, 9.17) is 0 Å². The normalized spacial score (nSPS) is 12.0. The molecule has 0 aliphatic rings. The molecule has 0 aliphatic carbocycles. The second-order valence-corrected chi connectivity index (χ2v) is 6.44. The van der Waals surface area contributed by atoms with E-state index in [0.29, 0.717) is 0 Å². The zero-order chi connectivity index (χ0) is 15.4. The highest BCUT2D eigenvalue weighted by molar-refractivity contribution is 14.1. The molecule has 1 atom stereocenters. The van der Waals surface area contributed by atoms with Crippen LogP contribution in [0.4, 0.5) is 0 Å². The van der Waals surface area contributed by atoms with Crippen LogP contribution in [0.5, 0.6) is 0 Å². The molecular weight excluding hydrogens is 373 g/mol. The molecule has 1 unspecified atom stereocenters. The molecule has 0 spiro atoms. The lowest BCUT2D eigenvalue weighted by atomic mass is 9.97. The van der Waals surface area contributed by atoms with Gasteiger partial charge in [-0.1, -0.05) is 42.8 Å². The summed E-state index contributed by atoms with van der Waals surface area (Å²) in [5.41, 5.74) is 4.41. The summed E-state index contributed by atoms with van der Waals surface area (Å²) in [7, 11) is 0. The van der Waals surface area contributed by atoms with Crippen molar-refractivity contribution in [2.24, 2.45) is 0 Å². The Morgan fingerprint density at radius 2 is 1.90 bits per heavy atom. The molecule has 2 aromatic carbocycles. The van der Waals surface area contributed by atoms with Gasteiger partial charge < -0.3 is 5.32 Å². The third kappa shape index (κ3) is 3.84. The van der Waals surface area contributed by atoms with Crippen LogP contribution in [0.2, 0.25) is 0 Å². The van der Waals surface area contributed by atoms with Crippen molar-refractivity contribution in [3.8, 4) is 0 Å². The summed E-state index contributed by atoms with van der Waals surface area (Å²) < 4.78 is 0.975. The van der Waals surface area contributed by atoms with Gasteiger partial charge in [0.25, 0.3) is 5.91 Å². The zero-order valence-corrected chi connectivity index (χ0v) is 14.8. The van der Waals surface area contributed by atoms with Crippen molar-refractivity contribution in [1.29, 1.82) is 0 Å². The second kappa shape index (κ2) is 7.07. The van der Waals surface area contributed by atoms with E-state index in [-0.39, 0.29) is 11.9 Å². The van der Waals surface area contributed by atoms with E-state index >= 15 is 0 Å². The number of amides is 1. The van der Waals surface area contributed by atoms with Gasteiger partial charge in [-0.15, -0.1) is 0 Å². The van der Waals surface area contributed by atoms with Crippen LogP contribution in [-0.4, -0.2) is 5.91 Å². The zero-order valence-electron chi connectivity index (χ0n) is 12.6. The van der Waals surface area contributed by atoms with Crippen molar-refractivity contribution in [3.63, 3.8) is 0 Å². The molecule has 0 radical (unpaired) electrons. The number of benzene rings is 2. The van der Waals surface area contributed by atoms with E-state index in [2.05, 4.69) is 66.9 Å². The largest absolute Gasteiger partial charge is 0.345 e. The summed E-state index contributed by atoms with van der Waals surface area (Å²) in [5.74, 6) is -0.00757. The quantitative estimate of drug-likeness (QED) is 0.744. The second-order valence-electron chi connectivity index (χ2n) is 5.27. The molecule has 3 heteroatoms. The van der Waals surface area contributed by atoms with Gasteiger partial charge in [0, 0.05) is 3.57 Å². The van der Waals surface area contributed by atoms with Gasteiger partial charge in [-0.05, 0) is 66.1 Å². The molecule has 0 aromatic heterocycles. The summed E-state index contributed by atoms with van der Waals surface area (Å²) in [6, 6.07) is 14.1. The lowest BCUT2D eigenvalue weighted by Gasteiger charge is -2.20. The van der Waals surface area contributed by atoms with Crippen molar-refractivity contribution in [3.05, 3.63) is 68.3 Å². The first-order chi connectivity index (χ1) is 10.0. The average Bonchev–Trinajstić information content (AvgIpc) is 2.45. The molecule has 0 saturated carbocycles. The molecule has 1 amide bonds. The fourth-order valence-electron chi connectivity index (χ4n) is 2.50. The SMILES string of the molecule is CCC(NC(=O)c1ccccc1I)c1ccc(C)cc1C. The Morgan fingerprint density at radius 3 is 2.52 bits per heavy atom. The van der Waals surface area contributed by atoms with Gasteiger partial charge in [0.2, 0.25) is 0 Å². The number of carbonyl (C=O) groups is 1. The first-order valence-electron chi connectivity index (χ1n) is 7.15. The fraction of sp³-hybridized carbons (Fsp3) is 0.278. The van der Waals surface area contributed by atoms with Gasteiger partial charge in [0.15, 0.2) is 0 Å². The number of carbonyl (C=O) groups excluding carboxylic acids is 1. The summed E-state index contributed by atoms with van der Waals surface area (Å²) in [6.07, 6.45) is 0.874. The third-order valence-corrected chi connectivity index (χ3v) is 4.57. The van der Waals surface area contributed by atoms with Gasteiger partial charge in [0.1, 0.15) is 0 Å². The Morgan fingerprint density at radius 1 is 1.19 bits per heavy atom. The average molecular weight is 393 g/mol. The number of rotatable bonds is 4. The van der Waals surface area contributed by atoms with Crippen molar-refractivity contribution < 1.29 is 4.79 Å². The topological polar surface area (TPSA) is 29.1 Å². The maximum atomic E-state index is 12.5. The molecule has 0 bridgehead atoms. The molecule has 0 aliphatic heterocycles. The smallest absolute Gasteiger partial charge is 0.252 e. The third-order valence-electron chi connectivity index (χ3n) is 3.63. The van der Waals surface area contributed by atoms with Crippen LogP contribution in [0.25, 0.3) is 0 Å². The summed E-state index contributed by atoms with van der Waals surface area (Å²) >= 11 is 2.20. The van der Waals surface area contributed by atoms with Crippen LogP contribution >= 0.6 is 22.6 Å². The highest BCUT2D eigenvalue weighted by atomic mass is 127. The Labute approximate surface area is 140 Å². The Balaban J connectivity index is 2.23. The molecule has 0 heterocycles. The first-order valence-corrected chi connectivity index (χ1v) is 8.23. The maximum absolute atomic E-state index is 12.5. The standard InChI is InChI=1S/C18H20INO/c1-4-17(14-10-9-12(2)11-13(14)3)20-18(21)15-7-5-6-8-16(15)19/h5-11,17H,4H2,1-3H3,(H,20,21). The molecule has 2 aromatic rings. The maximum Gasteiger partial charge on any atom is 0.252 e. The van der Waals surface area contributed by atoms with Crippen molar-refractivity contribution in [2.75, 3.05) is 0 Å². The highest BCUT2D eigenvalue weighted by Gasteiger charge is 2.17. The molecule has 2 nitrogen and oxygen atoms in total. The molecule has 0 fully saturated rings. The molecule has 21 heavy (non-hydrogen) atoms. The lowest BCUT2D eigenvalue weighted by Crippen LogP contribution is -2.29. The Hall–Kier alpha value is -1.36. The van der Waals surface area contributed by atoms with Crippen LogP contribution in [0, 0.1) is 17.4 Å². The minimum atomic E-state index is -0.00757. The molecule has 0 saturated heterocycles. The predicted molar refractivity (Wildman–Crippen MR) is 95.6 cm³/mol. The van der Waals surface area contributed by atoms with E-state index in [0.717, 1.165) is 15.6 Å². The van der Waals surface area contributed by atoms with E-state index in [1.54, 1.807) is 0 Å². The number of nitrogens with one attached hydrogen (secondary N) is 1. The van der Waals surface area contributed by atoms with E-state index in [1.807, 2.05) is 24.3 Å². The van der Waals surface area contributed by atoms with E-state index < -0.39 is 0 Å². The van der Waals surface area contributed by atoms with Gasteiger partial charge in [0.05, 0.1) is 11.6 Å². The summed E-state index contributed by atoms with van der Waals surface area (Å²) in [6.45, 7) is 6.28. The molecular formula is C18H20INO. The van der Waals surface area contributed by atoms with Crippen LogP contribution in [-0.2, 0) is 0 Å². The Bertz CT molecular complexity index is 651. The first kappa shape index (κ1) is 16.0. The molecule has 110 valence electrons. The van der Waals surface area contributed by atoms with E-state index in [1.165, 1.54) is 16.7 Å². The number of aryl methyl sites for hydroxylation is 2. The van der Waals surface area contributed by atoms with Crippen molar-refractivity contribution in [2.45, 2.75) is 33.2 Å². The van der Waals surface area contributed by atoms with Gasteiger partial charge in [-0.25, -0.2) is 0 Å². The number of hydrogen-bond acceptors (Lipinski definition) is 1. The van der Waals surface area contributed by atoms with Crippen LogP contribution in [0.15, 0.2) is 42.5 Å². The molecule has 1 N–H and O–H groups in total. The Kier molecular flexibility index (Phi) is 5.39. The van der Waals surface area contributed by atoms with E-state index in [9.17, 15) is 4.79 Å². The van der Waals surface area contributed by atoms with Gasteiger partial charge in [-0.2, -0.15) is 0 Å². The van der Waals surface area contributed by atoms with Crippen LogP contribution in [0.1, 0.15) is 46.4 Å². The van der Waals surface area contributed by atoms with Crippen LogP contribution < -0.4 is 5.32 Å². The van der Waals surface area contributed by atoms with Gasteiger partial charge >= 0.3 is 0 Å². The molecule has 2 rings (SSSR count). The summed E-state index contributed by atoms with van der Waals surface area (Å²) in [5, 5.41) is 3.16. The minimum absolute atomic E-state index is 0.00757. The lowest BCUT2D eigenvalue weighted by molar-refractivity contribution is 0.0934. The highest BCUT2D eigenvalue weighted by Crippen LogP contribution is 2.22. The fourth-order valence-corrected chi connectivity index (χ4v) is 3.13. The monoisotopic (exact) mass is 393 g/mol.